The minimum absolute atomic E-state index is 0.148. The molecule has 6 nitrogen and oxygen atoms in total. The highest BCUT2D eigenvalue weighted by molar-refractivity contribution is 7.89. The highest BCUT2D eigenvalue weighted by atomic mass is 35.5. The first-order chi connectivity index (χ1) is 13.5. The molecular weight excluding hydrogens is 398 g/mol. The normalized spacial score (nSPS) is 15.6. The topological polar surface area (TPSA) is 61.9 Å². The largest absolute Gasteiger partial charge is 0.495 e. The molecule has 1 saturated heterocycles. The number of para-hydroxylation sites is 1. The Kier molecular flexibility index (Phi) is 7.18. The summed E-state index contributed by atoms with van der Waals surface area (Å²) in [4.78, 5) is 4.90. The number of halogens is 1. The van der Waals surface area contributed by atoms with Crippen molar-refractivity contribution in [3.63, 3.8) is 0 Å². The van der Waals surface area contributed by atoms with Gasteiger partial charge >= 0.3 is 0 Å². The number of hydrogen-bond donors (Lipinski definition) is 1. The minimum atomic E-state index is -3.57. The summed E-state index contributed by atoms with van der Waals surface area (Å²) < 4.78 is 32.5. The second-order valence-electron chi connectivity index (χ2n) is 6.71. The number of nitrogens with zero attached hydrogens (tertiary/aromatic N) is 2. The van der Waals surface area contributed by atoms with Crippen molar-refractivity contribution in [1.29, 1.82) is 0 Å². The third-order valence-corrected chi connectivity index (χ3v) is 6.62. The maximum atomic E-state index is 12.4. The number of sulfonamides is 1. The van der Waals surface area contributed by atoms with Crippen LogP contribution in [-0.4, -0.2) is 59.7 Å². The highest BCUT2D eigenvalue weighted by Crippen LogP contribution is 2.26. The molecule has 2 aromatic carbocycles. The second-order valence-corrected chi connectivity index (χ2v) is 8.89. The van der Waals surface area contributed by atoms with Gasteiger partial charge in [0.05, 0.1) is 17.0 Å². The Morgan fingerprint density at radius 2 is 1.79 bits per heavy atom. The second kappa shape index (κ2) is 9.60. The zero-order chi connectivity index (χ0) is 20.0. The molecule has 2 aromatic rings. The molecule has 1 aliphatic rings. The zero-order valence-corrected chi connectivity index (χ0v) is 17.5. The summed E-state index contributed by atoms with van der Waals surface area (Å²) in [7, 11) is -2.08. The Morgan fingerprint density at radius 1 is 1.07 bits per heavy atom. The average Bonchev–Trinajstić information content (AvgIpc) is 2.72. The third kappa shape index (κ3) is 5.38. The van der Waals surface area contributed by atoms with Gasteiger partial charge in [0.1, 0.15) is 5.75 Å². The van der Waals surface area contributed by atoms with Crippen LogP contribution in [0.2, 0.25) is 5.02 Å². The SMILES string of the molecule is COc1ccc(S(=O)(=O)NCCCN2CCN(c3ccccc3)CC2)cc1Cl. The fourth-order valence-corrected chi connectivity index (χ4v) is 4.70. The van der Waals surface area contributed by atoms with E-state index in [2.05, 4.69) is 38.8 Å². The quantitative estimate of drug-likeness (QED) is 0.661. The molecule has 152 valence electrons. The number of benzene rings is 2. The first kappa shape index (κ1) is 20.9. The lowest BCUT2D eigenvalue weighted by molar-refractivity contribution is 0.255. The van der Waals surface area contributed by atoms with Crippen LogP contribution in [0.5, 0.6) is 5.75 Å². The van der Waals surface area contributed by atoms with Crippen LogP contribution in [0.3, 0.4) is 0 Å². The fourth-order valence-electron chi connectivity index (χ4n) is 3.28. The van der Waals surface area contributed by atoms with Crippen molar-refractivity contribution in [2.45, 2.75) is 11.3 Å². The van der Waals surface area contributed by atoms with E-state index in [0.29, 0.717) is 12.3 Å². The van der Waals surface area contributed by atoms with Crippen LogP contribution in [0.25, 0.3) is 0 Å². The van der Waals surface area contributed by atoms with Crippen molar-refractivity contribution < 1.29 is 13.2 Å². The van der Waals surface area contributed by atoms with Crippen molar-refractivity contribution in [3.05, 3.63) is 53.6 Å². The smallest absolute Gasteiger partial charge is 0.240 e. The summed E-state index contributed by atoms with van der Waals surface area (Å²) in [6.45, 7) is 5.20. The van der Waals surface area contributed by atoms with E-state index >= 15 is 0 Å². The first-order valence-corrected chi connectivity index (χ1v) is 11.2. The van der Waals surface area contributed by atoms with E-state index in [0.717, 1.165) is 39.1 Å². The first-order valence-electron chi connectivity index (χ1n) is 9.35. The van der Waals surface area contributed by atoms with E-state index in [4.69, 9.17) is 16.3 Å². The molecule has 0 spiro atoms. The van der Waals surface area contributed by atoms with Gasteiger partial charge in [-0.15, -0.1) is 0 Å². The number of rotatable bonds is 8. The third-order valence-electron chi connectivity index (χ3n) is 4.87. The number of hydrogen-bond acceptors (Lipinski definition) is 5. The van der Waals surface area contributed by atoms with Crippen LogP contribution in [0.4, 0.5) is 5.69 Å². The van der Waals surface area contributed by atoms with Gasteiger partial charge in [-0.25, -0.2) is 13.1 Å². The maximum absolute atomic E-state index is 12.4. The molecule has 0 amide bonds. The predicted octanol–water partition coefficient (Wildman–Crippen LogP) is 2.84. The number of anilines is 1. The lowest BCUT2D eigenvalue weighted by Gasteiger charge is -2.36. The van der Waals surface area contributed by atoms with Gasteiger partial charge in [0, 0.05) is 38.4 Å². The van der Waals surface area contributed by atoms with Gasteiger partial charge in [0.15, 0.2) is 0 Å². The molecule has 0 unspecified atom stereocenters. The lowest BCUT2D eigenvalue weighted by Crippen LogP contribution is -2.47. The summed E-state index contributed by atoms with van der Waals surface area (Å²) in [5.74, 6) is 0.454. The van der Waals surface area contributed by atoms with Crippen LogP contribution in [0.15, 0.2) is 53.4 Å². The Balaban J connectivity index is 1.41. The van der Waals surface area contributed by atoms with Gasteiger partial charge < -0.3 is 9.64 Å². The number of piperazine rings is 1. The van der Waals surface area contributed by atoms with Gasteiger partial charge in [-0.05, 0) is 43.3 Å². The molecule has 3 rings (SSSR count). The molecule has 28 heavy (non-hydrogen) atoms. The molecule has 1 heterocycles. The summed E-state index contributed by atoms with van der Waals surface area (Å²) in [5.41, 5.74) is 1.26. The summed E-state index contributed by atoms with van der Waals surface area (Å²) in [6, 6.07) is 14.9. The van der Waals surface area contributed by atoms with Crippen molar-refractivity contribution in [2.24, 2.45) is 0 Å². The molecule has 0 saturated carbocycles. The minimum Gasteiger partial charge on any atom is -0.495 e. The zero-order valence-electron chi connectivity index (χ0n) is 16.0. The Bertz CT molecular complexity index is 870. The molecule has 0 radical (unpaired) electrons. The standard InChI is InChI=1S/C20H26ClN3O3S/c1-27-20-9-8-18(16-19(20)21)28(25,26)22-10-5-11-23-12-14-24(15-13-23)17-6-3-2-4-7-17/h2-4,6-9,16,22H,5,10-15H2,1H3. The van der Waals surface area contributed by atoms with Crippen LogP contribution < -0.4 is 14.4 Å². The highest BCUT2D eigenvalue weighted by Gasteiger charge is 2.18. The van der Waals surface area contributed by atoms with Crippen LogP contribution >= 0.6 is 11.6 Å². The van der Waals surface area contributed by atoms with E-state index in [1.165, 1.54) is 24.9 Å². The van der Waals surface area contributed by atoms with E-state index in [1.807, 2.05) is 6.07 Å². The van der Waals surface area contributed by atoms with Gasteiger partial charge in [0.2, 0.25) is 10.0 Å². The number of ether oxygens (including phenoxy) is 1. The fraction of sp³-hybridized carbons (Fsp3) is 0.400. The Labute approximate surface area is 172 Å². The van der Waals surface area contributed by atoms with Crippen molar-refractivity contribution in [3.8, 4) is 5.75 Å². The Hall–Kier alpha value is -1.80. The molecule has 0 atom stereocenters. The summed E-state index contributed by atoms with van der Waals surface area (Å²) >= 11 is 6.03. The van der Waals surface area contributed by atoms with Gasteiger partial charge in [-0.1, -0.05) is 29.8 Å². The lowest BCUT2D eigenvalue weighted by atomic mass is 10.2. The van der Waals surface area contributed by atoms with Gasteiger partial charge in [-0.2, -0.15) is 0 Å². The number of nitrogens with one attached hydrogen (secondary N) is 1. The predicted molar refractivity (Wildman–Crippen MR) is 113 cm³/mol. The molecule has 1 aliphatic heterocycles. The molecule has 8 heteroatoms. The van der Waals surface area contributed by atoms with E-state index in [-0.39, 0.29) is 9.92 Å². The molecule has 1 fully saturated rings. The maximum Gasteiger partial charge on any atom is 0.240 e. The molecule has 0 aromatic heterocycles. The monoisotopic (exact) mass is 423 g/mol. The molecule has 1 N–H and O–H groups in total. The van der Waals surface area contributed by atoms with Crippen LogP contribution in [0, 0.1) is 0 Å². The molecule has 0 bridgehead atoms. The molecule has 0 aliphatic carbocycles. The van der Waals surface area contributed by atoms with E-state index in [9.17, 15) is 8.42 Å². The summed E-state index contributed by atoms with van der Waals surface area (Å²) in [5, 5.41) is 0.279. The average molecular weight is 424 g/mol. The van der Waals surface area contributed by atoms with Crippen LogP contribution in [0.1, 0.15) is 6.42 Å². The number of methoxy groups -OCH3 is 1. The summed E-state index contributed by atoms with van der Waals surface area (Å²) in [6.07, 6.45) is 0.758. The van der Waals surface area contributed by atoms with Crippen LogP contribution in [-0.2, 0) is 10.0 Å². The van der Waals surface area contributed by atoms with Crippen molar-refractivity contribution in [1.82, 2.24) is 9.62 Å². The molecular formula is C20H26ClN3O3S. The van der Waals surface area contributed by atoms with Gasteiger partial charge in [0.25, 0.3) is 0 Å². The Morgan fingerprint density at radius 3 is 2.43 bits per heavy atom. The van der Waals surface area contributed by atoms with Crippen molar-refractivity contribution >= 4 is 27.3 Å². The van der Waals surface area contributed by atoms with Crippen molar-refractivity contribution in [2.75, 3.05) is 51.3 Å². The van der Waals surface area contributed by atoms with E-state index in [1.54, 1.807) is 6.07 Å². The van der Waals surface area contributed by atoms with Gasteiger partial charge in [-0.3, -0.25) is 4.90 Å². The van der Waals surface area contributed by atoms with E-state index < -0.39 is 10.0 Å².